The van der Waals surface area contributed by atoms with Crippen molar-refractivity contribution < 1.29 is 9.53 Å². The number of hydrogen-bond donors (Lipinski definition) is 2. The number of aromatic nitrogens is 2. The molecule has 7 heteroatoms. The first kappa shape index (κ1) is 17.0. The third-order valence-corrected chi connectivity index (χ3v) is 4.05. The summed E-state index contributed by atoms with van der Waals surface area (Å²) in [6, 6.07) is 9.77. The van der Waals surface area contributed by atoms with Gasteiger partial charge in [0.1, 0.15) is 0 Å². The molecule has 2 N–H and O–H groups in total. The average molecular weight is 341 g/mol. The lowest BCUT2D eigenvalue weighted by Crippen LogP contribution is -2.43. The molecule has 2 amide bonds. The number of amides is 2. The summed E-state index contributed by atoms with van der Waals surface area (Å²) >= 11 is 0. The molecule has 1 atom stereocenters. The maximum Gasteiger partial charge on any atom is 0.315 e. The van der Waals surface area contributed by atoms with Crippen LogP contribution in [0, 0.1) is 0 Å². The lowest BCUT2D eigenvalue weighted by molar-refractivity contribution is 0.237. The molecule has 0 aliphatic carbocycles. The highest BCUT2D eigenvalue weighted by Crippen LogP contribution is 2.26. The molecule has 7 nitrogen and oxygen atoms in total. The van der Waals surface area contributed by atoms with Crippen LogP contribution in [0.25, 0.3) is 0 Å². The summed E-state index contributed by atoms with van der Waals surface area (Å²) in [7, 11) is 0. The van der Waals surface area contributed by atoms with Gasteiger partial charge >= 0.3 is 6.03 Å². The van der Waals surface area contributed by atoms with Crippen LogP contribution in [0.5, 0.6) is 5.88 Å². The Morgan fingerprint density at radius 1 is 1.28 bits per heavy atom. The quantitative estimate of drug-likeness (QED) is 0.840. The van der Waals surface area contributed by atoms with Crippen molar-refractivity contribution in [2.45, 2.75) is 25.9 Å². The van der Waals surface area contributed by atoms with E-state index in [2.05, 4.69) is 25.5 Å². The number of nitrogens with zero attached hydrogens (tertiary/aromatic N) is 3. The Morgan fingerprint density at radius 3 is 2.88 bits per heavy atom. The number of nitrogens with one attached hydrogen (secondary N) is 2. The van der Waals surface area contributed by atoms with Crippen molar-refractivity contribution in [1.29, 1.82) is 0 Å². The molecule has 0 unspecified atom stereocenters. The molecule has 1 aliphatic heterocycles. The summed E-state index contributed by atoms with van der Waals surface area (Å²) in [5.41, 5.74) is 1.08. The molecule has 1 aliphatic rings. The Kier molecular flexibility index (Phi) is 5.66. The topological polar surface area (TPSA) is 79.4 Å². The molecule has 1 aromatic heterocycles. The van der Waals surface area contributed by atoms with Crippen LogP contribution >= 0.6 is 0 Å². The standard InChI is InChI=1S/C18H23N5O2/c1-2-25-17-16(19-9-10-20-17)23-11-8-15(13-23)22-18(24)21-12-14-6-4-3-5-7-14/h3-7,9-10,15H,2,8,11-13H2,1H3,(H2,21,22,24)/t15-/m1/s1. The molecule has 2 heterocycles. The summed E-state index contributed by atoms with van der Waals surface area (Å²) in [6.07, 6.45) is 4.14. The Labute approximate surface area is 147 Å². The lowest BCUT2D eigenvalue weighted by Gasteiger charge is -2.19. The number of benzene rings is 1. The van der Waals surface area contributed by atoms with Crippen molar-refractivity contribution in [3.63, 3.8) is 0 Å². The van der Waals surface area contributed by atoms with E-state index >= 15 is 0 Å². The predicted octanol–water partition coefficient (Wildman–Crippen LogP) is 1.95. The van der Waals surface area contributed by atoms with Crippen molar-refractivity contribution in [3.8, 4) is 5.88 Å². The third kappa shape index (κ3) is 4.59. The number of urea groups is 1. The van der Waals surface area contributed by atoms with Crippen molar-refractivity contribution in [1.82, 2.24) is 20.6 Å². The minimum Gasteiger partial charge on any atom is -0.475 e. The number of hydrogen-bond acceptors (Lipinski definition) is 5. The normalized spacial score (nSPS) is 16.5. The van der Waals surface area contributed by atoms with Gasteiger partial charge in [-0.15, -0.1) is 0 Å². The molecular weight excluding hydrogens is 318 g/mol. The number of rotatable bonds is 6. The van der Waals surface area contributed by atoms with Gasteiger partial charge in [0.05, 0.1) is 6.61 Å². The Balaban J connectivity index is 1.50. The molecule has 3 rings (SSSR count). The average Bonchev–Trinajstić information content (AvgIpc) is 3.10. The molecule has 25 heavy (non-hydrogen) atoms. The molecule has 0 saturated carbocycles. The van der Waals surface area contributed by atoms with Gasteiger partial charge in [-0.1, -0.05) is 30.3 Å². The third-order valence-electron chi connectivity index (χ3n) is 4.05. The fraction of sp³-hybridized carbons (Fsp3) is 0.389. The molecular formula is C18H23N5O2. The van der Waals surface area contributed by atoms with E-state index in [1.165, 1.54) is 0 Å². The van der Waals surface area contributed by atoms with Crippen molar-refractivity contribution in [2.75, 3.05) is 24.6 Å². The maximum atomic E-state index is 12.1. The van der Waals surface area contributed by atoms with E-state index in [0.717, 1.165) is 24.3 Å². The van der Waals surface area contributed by atoms with Crippen LogP contribution in [0.15, 0.2) is 42.7 Å². The molecule has 0 spiro atoms. The molecule has 1 saturated heterocycles. The smallest absolute Gasteiger partial charge is 0.315 e. The van der Waals surface area contributed by atoms with E-state index in [4.69, 9.17) is 4.74 Å². The summed E-state index contributed by atoms with van der Waals surface area (Å²) < 4.78 is 5.54. The Morgan fingerprint density at radius 2 is 2.08 bits per heavy atom. The van der Waals surface area contributed by atoms with Crippen molar-refractivity contribution in [2.24, 2.45) is 0 Å². The molecule has 1 aromatic carbocycles. The summed E-state index contributed by atoms with van der Waals surface area (Å²) in [5, 5.41) is 5.91. The maximum absolute atomic E-state index is 12.1. The second-order valence-corrected chi connectivity index (χ2v) is 5.86. The highest BCUT2D eigenvalue weighted by atomic mass is 16.5. The minimum absolute atomic E-state index is 0.0762. The summed E-state index contributed by atoms with van der Waals surface area (Å²) in [6.45, 7) is 4.48. The first-order valence-corrected chi connectivity index (χ1v) is 8.53. The van der Waals surface area contributed by atoms with Crippen LogP contribution in [0.1, 0.15) is 18.9 Å². The largest absolute Gasteiger partial charge is 0.475 e. The second-order valence-electron chi connectivity index (χ2n) is 5.86. The van der Waals surface area contributed by atoms with Gasteiger partial charge in [0.25, 0.3) is 5.88 Å². The number of anilines is 1. The molecule has 2 aromatic rings. The van der Waals surface area contributed by atoms with E-state index in [-0.39, 0.29) is 12.1 Å². The first-order valence-electron chi connectivity index (χ1n) is 8.53. The van der Waals surface area contributed by atoms with Crippen molar-refractivity contribution >= 4 is 11.8 Å². The Bertz CT molecular complexity index is 695. The van der Waals surface area contributed by atoms with Gasteiger partial charge in [-0.2, -0.15) is 0 Å². The summed E-state index contributed by atoms with van der Waals surface area (Å²) in [5.74, 6) is 1.28. The molecule has 1 fully saturated rings. The zero-order chi connectivity index (χ0) is 17.5. The molecule has 132 valence electrons. The zero-order valence-corrected chi connectivity index (χ0v) is 14.3. The van der Waals surface area contributed by atoms with Gasteiger partial charge in [-0.3, -0.25) is 0 Å². The number of carbonyl (C=O) groups excluding carboxylic acids is 1. The highest BCUT2D eigenvalue weighted by Gasteiger charge is 2.27. The number of ether oxygens (including phenoxy) is 1. The fourth-order valence-corrected chi connectivity index (χ4v) is 2.86. The van der Waals surface area contributed by atoms with Crippen LogP contribution in [0.2, 0.25) is 0 Å². The second kappa shape index (κ2) is 8.32. The fourth-order valence-electron chi connectivity index (χ4n) is 2.86. The van der Waals surface area contributed by atoms with Gasteiger partial charge in [0, 0.05) is 38.1 Å². The monoisotopic (exact) mass is 341 g/mol. The Hall–Kier alpha value is -2.83. The van der Waals surface area contributed by atoms with Crippen LogP contribution in [-0.4, -0.2) is 41.7 Å². The first-order chi connectivity index (χ1) is 12.3. The predicted molar refractivity (Wildman–Crippen MR) is 95.6 cm³/mol. The SMILES string of the molecule is CCOc1nccnc1N1CC[C@@H](NC(=O)NCc2ccccc2)C1. The van der Waals surface area contributed by atoms with E-state index in [9.17, 15) is 4.79 Å². The van der Waals surface area contributed by atoms with Crippen molar-refractivity contribution in [3.05, 3.63) is 48.3 Å². The van der Waals surface area contributed by atoms with Gasteiger partial charge in [0.15, 0.2) is 5.82 Å². The van der Waals surface area contributed by atoms with Gasteiger partial charge in [-0.05, 0) is 18.9 Å². The van der Waals surface area contributed by atoms with Gasteiger partial charge < -0.3 is 20.3 Å². The van der Waals surface area contributed by atoms with E-state index in [1.807, 2.05) is 37.3 Å². The summed E-state index contributed by atoms with van der Waals surface area (Å²) in [4.78, 5) is 22.8. The van der Waals surface area contributed by atoms with Gasteiger partial charge in [-0.25, -0.2) is 14.8 Å². The molecule has 0 bridgehead atoms. The van der Waals surface area contributed by atoms with E-state index in [0.29, 0.717) is 25.6 Å². The van der Waals surface area contributed by atoms with Gasteiger partial charge in [0.2, 0.25) is 0 Å². The molecule has 0 radical (unpaired) electrons. The van der Waals surface area contributed by atoms with E-state index < -0.39 is 0 Å². The van der Waals surface area contributed by atoms with E-state index in [1.54, 1.807) is 12.4 Å². The van der Waals surface area contributed by atoms with Crippen LogP contribution in [-0.2, 0) is 6.54 Å². The minimum atomic E-state index is -0.153. The van der Waals surface area contributed by atoms with Crippen LogP contribution < -0.4 is 20.3 Å². The zero-order valence-electron chi connectivity index (χ0n) is 14.3. The highest BCUT2D eigenvalue weighted by molar-refractivity contribution is 5.74. The van der Waals surface area contributed by atoms with Crippen LogP contribution in [0.4, 0.5) is 10.6 Å². The number of carbonyl (C=O) groups is 1. The lowest BCUT2D eigenvalue weighted by atomic mass is 10.2. The van der Waals surface area contributed by atoms with Crippen LogP contribution in [0.3, 0.4) is 0 Å².